The second-order valence-corrected chi connectivity index (χ2v) is 6.46. The van der Waals surface area contributed by atoms with Crippen molar-refractivity contribution in [3.8, 4) is 5.75 Å². The third kappa shape index (κ3) is 5.05. The topological polar surface area (TPSA) is 90.8 Å². The number of hydrogen-bond acceptors (Lipinski definition) is 5. The molecule has 138 valence electrons. The second kappa shape index (κ2) is 8.80. The summed E-state index contributed by atoms with van der Waals surface area (Å²) in [4.78, 5) is 12.0. The summed E-state index contributed by atoms with van der Waals surface area (Å²) < 4.78 is 5.77. The third-order valence-electron chi connectivity index (χ3n) is 4.38. The maximum absolute atomic E-state index is 12.0. The van der Waals surface area contributed by atoms with Crippen molar-refractivity contribution in [2.75, 3.05) is 13.1 Å². The van der Waals surface area contributed by atoms with Gasteiger partial charge in [-0.2, -0.15) is 0 Å². The van der Waals surface area contributed by atoms with Crippen molar-refractivity contribution in [3.05, 3.63) is 65.7 Å². The van der Waals surface area contributed by atoms with Gasteiger partial charge in [0, 0.05) is 13.1 Å². The Kier molecular flexibility index (Phi) is 6.22. The summed E-state index contributed by atoms with van der Waals surface area (Å²) in [6.07, 6.45) is -0.926. The SMILES string of the molecule is O=C(NC[C@H](O)c1cccc(OCc2ccccc2)c1)[C@@H]1C[C@@H](O)CN1. The number of ether oxygens (including phenoxy) is 1. The summed E-state index contributed by atoms with van der Waals surface area (Å²) in [5, 5.41) is 25.5. The summed E-state index contributed by atoms with van der Waals surface area (Å²) in [6.45, 7) is 0.976. The van der Waals surface area contributed by atoms with Crippen LogP contribution in [0.5, 0.6) is 5.75 Å². The van der Waals surface area contributed by atoms with Gasteiger partial charge in [-0.05, 0) is 29.7 Å². The van der Waals surface area contributed by atoms with Crippen LogP contribution in [0.1, 0.15) is 23.7 Å². The Bertz CT molecular complexity index is 723. The standard InChI is InChI=1S/C20H24N2O4/c23-16-10-18(21-11-16)20(25)22-12-19(24)15-7-4-8-17(9-15)26-13-14-5-2-1-3-6-14/h1-9,16,18-19,21,23-24H,10-13H2,(H,22,25)/t16-,18+,19+/m1/s1. The Balaban J connectivity index is 1.51. The molecular weight excluding hydrogens is 332 g/mol. The molecule has 3 rings (SSSR count). The van der Waals surface area contributed by atoms with Gasteiger partial charge in [-0.25, -0.2) is 0 Å². The summed E-state index contributed by atoms with van der Waals surface area (Å²) in [7, 11) is 0. The van der Waals surface area contributed by atoms with Gasteiger partial charge in [0.15, 0.2) is 0 Å². The van der Waals surface area contributed by atoms with Crippen LogP contribution < -0.4 is 15.4 Å². The van der Waals surface area contributed by atoms with Crippen molar-refractivity contribution >= 4 is 5.91 Å². The Morgan fingerprint density at radius 3 is 2.77 bits per heavy atom. The van der Waals surface area contributed by atoms with Crippen molar-refractivity contribution in [2.45, 2.75) is 31.3 Å². The first-order valence-corrected chi connectivity index (χ1v) is 8.76. The fourth-order valence-electron chi connectivity index (χ4n) is 2.91. The lowest BCUT2D eigenvalue weighted by molar-refractivity contribution is -0.123. The number of carbonyl (C=O) groups excluding carboxylic acids is 1. The lowest BCUT2D eigenvalue weighted by atomic mass is 10.1. The van der Waals surface area contributed by atoms with Crippen molar-refractivity contribution in [1.29, 1.82) is 0 Å². The Labute approximate surface area is 152 Å². The predicted molar refractivity (Wildman–Crippen MR) is 97.6 cm³/mol. The number of amides is 1. The number of β-amino-alcohol motifs (C(OH)–C–C–N with tert-alkyl or cyclic N) is 1. The van der Waals surface area contributed by atoms with Gasteiger partial charge in [-0.1, -0.05) is 42.5 Å². The molecule has 3 atom stereocenters. The molecule has 0 unspecified atom stereocenters. The number of nitrogens with one attached hydrogen (secondary N) is 2. The molecule has 1 amide bonds. The molecule has 0 spiro atoms. The Morgan fingerprint density at radius 1 is 1.23 bits per heavy atom. The summed E-state index contributed by atoms with van der Waals surface area (Å²) in [5.41, 5.74) is 1.74. The van der Waals surface area contributed by atoms with Crippen LogP contribution in [0.3, 0.4) is 0 Å². The minimum Gasteiger partial charge on any atom is -0.489 e. The maximum Gasteiger partial charge on any atom is 0.237 e. The average Bonchev–Trinajstić information content (AvgIpc) is 3.12. The highest BCUT2D eigenvalue weighted by molar-refractivity contribution is 5.82. The van der Waals surface area contributed by atoms with Crippen LogP contribution in [0.2, 0.25) is 0 Å². The zero-order valence-corrected chi connectivity index (χ0v) is 14.5. The molecular formula is C20H24N2O4. The molecule has 0 saturated carbocycles. The van der Waals surface area contributed by atoms with Gasteiger partial charge < -0.3 is 25.6 Å². The molecule has 0 bridgehead atoms. The van der Waals surface area contributed by atoms with Crippen LogP contribution in [0, 0.1) is 0 Å². The van der Waals surface area contributed by atoms with E-state index in [1.807, 2.05) is 42.5 Å². The molecule has 6 nitrogen and oxygen atoms in total. The van der Waals surface area contributed by atoms with E-state index >= 15 is 0 Å². The molecule has 4 N–H and O–H groups in total. The van der Waals surface area contributed by atoms with Crippen LogP contribution in [0.15, 0.2) is 54.6 Å². The molecule has 2 aromatic carbocycles. The lowest BCUT2D eigenvalue weighted by Gasteiger charge is -2.16. The monoisotopic (exact) mass is 356 g/mol. The summed E-state index contributed by atoms with van der Waals surface area (Å²) in [6, 6.07) is 16.7. The molecule has 1 aliphatic heterocycles. The zero-order chi connectivity index (χ0) is 18.4. The van der Waals surface area contributed by atoms with Crippen molar-refractivity contribution in [3.63, 3.8) is 0 Å². The second-order valence-electron chi connectivity index (χ2n) is 6.46. The Morgan fingerprint density at radius 2 is 2.04 bits per heavy atom. The minimum absolute atomic E-state index is 0.106. The van der Waals surface area contributed by atoms with Crippen LogP contribution in [0.4, 0.5) is 0 Å². The number of aliphatic hydroxyl groups is 2. The van der Waals surface area contributed by atoms with Crippen LogP contribution in [0.25, 0.3) is 0 Å². The maximum atomic E-state index is 12.0. The van der Waals surface area contributed by atoms with Crippen LogP contribution in [-0.4, -0.2) is 41.4 Å². The van der Waals surface area contributed by atoms with Gasteiger partial charge in [-0.15, -0.1) is 0 Å². The van der Waals surface area contributed by atoms with Gasteiger partial charge in [0.25, 0.3) is 0 Å². The predicted octanol–water partition coefficient (Wildman–Crippen LogP) is 1.14. The van der Waals surface area contributed by atoms with Crippen LogP contribution in [-0.2, 0) is 11.4 Å². The van der Waals surface area contributed by atoms with Gasteiger partial charge in [0.05, 0.1) is 18.2 Å². The van der Waals surface area contributed by atoms with E-state index in [1.54, 1.807) is 12.1 Å². The molecule has 26 heavy (non-hydrogen) atoms. The zero-order valence-electron chi connectivity index (χ0n) is 14.5. The average molecular weight is 356 g/mol. The highest BCUT2D eigenvalue weighted by Gasteiger charge is 2.28. The van der Waals surface area contributed by atoms with E-state index in [4.69, 9.17) is 4.74 Å². The molecule has 2 aromatic rings. The number of benzene rings is 2. The largest absolute Gasteiger partial charge is 0.489 e. The van der Waals surface area contributed by atoms with E-state index in [1.165, 1.54) is 0 Å². The smallest absolute Gasteiger partial charge is 0.237 e. The molecule has 1 fully saturated rings. The first kappa shape index (κ1) is 18.4. The van der Waals surface area contributed by atoms with E-state index in [9.17, 15) is 15.0 Å². The minimum atomic E-state index is -0.828. The summed E-state index contributed by atoms with van der Waals surface area (Å²) >= 11 is 0. The van der Waals surface area contributed by atoms with E-state index in [-0.39, 0.29) is 12.5 Å². The first-order valence-electron chi connectivity index (χ1n) is 8.76. The molecule has 1 heterocycles. The third-order valence-corrected chi connectivity index (χ3v) is 4.38. The fraction of sp³-hybridized carbons (Fsp3) is 0.350. The van der Waals surface area contributed by atoms with Crippen LogP contribution >= 0.6 is 0 Å². The number of carbonyl (C=O) groups is 1. The van der Waals surface area contributed by atoms with Crippen molar-refractivity contribution in [2.24, 2.45) is 0 Å². The quantitative estimate of drug-likeness (QED) is 0.597. The van der Waals surface area contributed by atoms with Gasteiger partial charge in [0.1, 0.15) is 12.4 Å². The number of hydrogen-bond donors (Lipinski definition) is 4. The van der Waals surface area contributed by atoms with Crippen molar-refractivity contribution < 1.29 is 19.7 Å². The van der Waals surface area contributed by atoms with Gasteiger partial charge >= 0.3 is 0 Å². The van der Waals surface area contributed by atoms with Crippen molar-refractivity contribution in [1.82, 2.24) is 10.6 Å². The fourth-order valence-corrected chi connectivity index (χ4v) is 2.91. The molecule has 0 radical (unpaired) electrons. The number of aliphatic hydroxyl groups excluding tert-OH is 2. The van der Waals surface area contributed by atoms with Gasteiger partial charge in [-0.3, -0.25) is 4.79 Å². The highest BCUT2D eigenvalue weighted by Crippen LogP contribution is 2.20. The molecule has 0 aromatic heterocycles. The Hall–Kier alpha value is -2.41. The number of rotatable bonds is 7. The normalized spacial score (nSPS) is 20.5. The summed E-state index contributed by atoms with van der Waals surface area (Å²) in [5.74, 6) is 0.453. The van der Waals surface area contributed by atoms with E-state index in [0.717, 1.165) is 5.56 Å². The van der Waals surface area contributed by atoms with E-state index < -0.39 is 18.2 Å². The van der Waals surface area contributed by atoms with E-state index in [0.29, 0.717) is 30.9 Å². The molecule has 0 aliphatic carbocycles. The molecule has 1 saturated heterocycles. The first-order chi connectivity index (χ1) is 12.6. The molecule has 6 heteroatoms. The van der Waals surface area contributed by atoms with Gasteiger partial charge in [0.2, 0.25) is 5.91 Å². The van der Waals surface area contributed by atoms with E-state index in [2.05, 4.69) is 10.6 Å². The molecule has 1 aliphatic rings. The highest BCUT2D eigenvalue weighted by atomic mass is 16.5. The lowest BCUT2D eigenvalue weighted by Crippen LogP contribution is -2.41.